The van der Waals surface area contributed by atoms with Gasteiger partial charge in [0.25, 0.3) is 0 Å². The first-order chi connectivity index (χ1) is 12.2. The first kappa shape index (κ1) is 15.1. The minimum Gasteiger partial charge on any atom is -0.397 e. The number of urea groups is 1. The van der Waals surface area contributed by atoms with Gasteiger partial charge in [0, 0.05) is 25.1 Å². The van der Waals surface area contributed by atoms with Crippen molar-refractivity contribution in [2.75, 3.05) is 11.1 Å². The predicted molar refractivity (Wildman–Crippen MR) is 96.6 cm³/mol. The number of amides is 2. The maximum Gasteiger partial charge on any atom is 0.322 e. The zero-order valence-corrected chi connectivity index (χ0v) is 13.5. The van der Waals surface area contributed by atoms with Crippen LogP contribution in [0.25, 0.3) is 11.1 Å². The molecule has 0 fully saturated rings. The fraction of sp³-hybridized carbons (Fsp3) is 0.105. The van der Waals surface area contributed by atoms with Crippen LogP contribution in [0.1, 0.15) is 11.3 Å². The van der Waals surface area contributed by atoms with E-state index in [4.69, 9.17) is 5.73 Å². The predicted octanol–water partition coefficient (Wildman–Crippen LogP) is 3.27. The Morgan fingerprint density at radius 3 is 2.68 bits per heavy atom. The van der Waals surface area contributed by atoms with Gasteiger partial charge >= 0.3 is 6.03 Å². The number of anilines is 2. The van der Waals surface area contributed by atoms with Gasteiger partial charge in [0.05, 0.1) is 23.6 Å². The molecule has 6 nitrogen and oxygen atoms in total. The second-order valence-electron chi connectivity index (χ2n) is 5.93. The Morgan fingerprint density at radius 1 is 1.04 bits per heavy atom. The monoisotopic (exact) mass is 331 g/mol. The number of nitrogens with two attached hydrogens (primary N) is 1. The van der Waals surface area contributed by atoms with E-state index < -0.39 is 0 Å². The van der Waals surface area contributed by atoms with Gasteiger partial charge in [-0.2, -0.15) is 0 Å². The van der Waals surface area contributed by atoms with Crippen LogP contribution >= 0.6 is 0 Å². The van der Waals surface area contributed by atoms with Crippen LogP contribution in [0, 0.1) is 0 Å². The van der Waals surface area contributed by atoms with Crippen LogP contribution in [0.2, 0.25) is 0 Å². The summed E-state index contributed by atoms with van der Waals surface area (Å²) in [5.41, 5.74) is 11.2. The number of carbonyl (C=O) groups is 1. The molecule has 1 aromatic carbocycles. The summed E-state index contributed by atoms with van der Waals surface area (Å²) in [7, 11) is 0. The van der Waals surface area contributed by atoms with E-state index in [1.807, 2.05) is 36.4 Å². The van der Waals surface area contributed by atoms with Gasteiger partial charge < -0.3 is 16.0 Å². The Bertz CT molecular complexity index is 901. The van der Waals surface area contributed by atoms with E-state index in [1.54, 1.807) is 29.6 Å². The van der Waals surface area contributed by atoms with E-state index in [9.17, 15) is 4.79 Å². The molecule has 0 radical (unpaired) electrons. The molecular formula is C19H17N5O. The number of hydrogen-bond donors (Lipinski definition) is 2. The van der Waals surface area contributed by atoms with Crippen LogP contribution in [0.3, 0.4) is 0 Å². The lowest BCUT2D eigenvalue weighted by Crippen LogP contribution is -2.30. The third-order valence-corrected chi connectivity index (χ3v) is 4.28. The number of nitrogen functional groups attached to an aromatic ring is 1. The minimum atomic E-state index is -0.184. The Morgan fingerprint density at radius 2 is 1.88 bits per heavy atom. The number of aromatic nitrogens is 2. The van der Waals surface area contributed by atoms with E-state index in [2.05, 4.69) is 15.3 Å². The molecule has 0 bridgehead atoms. The third-order valence-electron chi connectivity index (χ3n) is 4.28. The molecular weight excluding hydrogens is 314 g/mol. The number of carbonyl (C=O) groups excluding carboxylic acids is 1. The number of benzene rings is 1. The maximum atomic E-state index is 12.6. The molecule has 25 heavy (non-hydrogen) atoms. The van der Waals surface area contributed by atoms with Gasteiger partial charge in [-0.3, -0.25) is 9.97 Å². The molecule has 0 saturated carbocycles. The van der Waals surface area contributed by atoms with Crippen molar-refractivity contribution in [3.8, 4) is 11.1 Å². The molecule has 2 aromatic heterocycles. The zero-order chi connectivity index (χ0) is 17.2. The van der Waals surface area contributed by atoms with Gasteiger partial charge in [-0.1, -0.05) is 12.1 Å². The summed E-state index contributed by atoms with van der Waals surface area (Å²) in [6.45, 7) is 1.06. The highest BCUT2D eigenvalue weighted by molar-refractivity contribution is 5.94. The highest BCUT2D eigenvalue weighted by Gasteiger charge is 2.24. The molecule has 6 heteroatoms. The zero-order valence-electron chi connectivity index (χ0n) is 13.5. The second kappa shape index (κ2) is 6.24. The molecule has 0 aliphatic carbocycles. The lowest BCUT2D eigenvalue weighted by Gasteiger charge is -2.17. The summed E-state index contributed by atoms with van der Waals surface area (Å²) in [5.74, 6) is 0. The average molecular weight is 331 g/mol. The number of rotatable bonds is 2. The van der Waals surface area contributed by atoms with E-state index in [-0.39, 0.29) is 6.03 Å². The average Bonchev–Trinajstić information content (AvgIpc) is 3.08. The highest BCUT2D eigenvalue weighted by atomic mass is 16.2. The fourth-order valence-electron chi connectivity index (χ4n) is 2.93. The van der Waals surface area contributed by atoms with Crippen LogP contribution in [0.15, 0.2) is 61.1 Å². The number of pyridine rings is 2. The minimum absolute atomic E-state index is 0.184. The van der Waals surface area contributed by atoms with Crippen molar-refractivity contribution in [1.29, 1.82) is 0 Å². The van der Waals surface area contributed by atoms with Crippen LogP contribution in [0.5, 0.6) is 0 Å². The molecule has 1 aliphatic heterocycles. The Balaban J connectivity index is 1.54. The Hall–Kier alpha value is -3.41. The number of nitrogens with zero attached hydrogens (tertiary/aromatic N) is 3. The molecule has 0 spiro atoms. The van der Waals surface area contributed by atoms with Crippen LogP contribution < -0.4 is 11.1 Å². The second-order valence-corrected chi connectivity index (χ2v) is 5.93. The molecule has 4 rings (SSSR count). The highest BCUT2D eigenvalue weighted by Crippen LogP contribution is 2.28. The first-order valence-corrected chi connectivity index (χ1v) is 7.99. The van der Waals surface area contributed by atoms with Crippen molar-refractivity contribution < 1.29 is 4.79 Å². The van der Waals surface area contributed by atoms with Gasteiger partial charge in [0.1, 0.15) is 0 Å². The van der Waals surface area contributed by atoms with Gasteiger partial charge in [-0.15, -0.1) is 0 Å². The number of hydrogen-bond acceptors (Lipinski definition) is 4. The molecule has 3 heterocycles. The summed E-state index contributed by atoms with van der Waals surface area (Å²) in [5, 5.41) is 2.92. The van der Waals surface area contributed by atoms with Crippen LogP contribution in [0.4, 0.5) is 16.2 Å². The summed E-state index contributed by atoms with van der Waals surface area (Å²) in [4.78, 5) is 22.7. The molecule has 0 atom stereocenters. The van der Waals surface area contributed by atoms with E-state index in [0.29, 0.717) is 24.5 Å². The van der Waals surface area contributed by atoms with Crippen LogP contribution in [-0.4, -0.2) is 20.9 Å². The quantitative estimate of drug-likeness (QED) is 0.706. The normalized spacial score (nSPS) is 12.7. The summed E-state index contributed by atoms with van der Waals surface area (Å²) in [6.07, 6.45) is 5.22. The maximum absolute atomic E-state index is 12.6. The topological polar surface area (TPSA) is 84.1 Å². The van der Waals surface area contributed by atoms with Gasteiger partial charge in [0.15, 0.2) is 0 Å². The van der Waals surface area contributed by atoms with Crippen LogP contribution in [-0.2, 0) is 13.1 Å². The van der Waals surface area contributed by atoms with Crippen molar-refractivity contribution in [3.63, 3.8) is 0 Å². The molecule has 0 unspecified atom stereocenters. The molecule has 3 N–H and O–H groups in total. The van der Waals surface area contributed by atoms with Crippen molar-refractivity contribution >= 4 is 17.4 Å². The fourth-order valence-corrected chi connectivity index (χ4v) is 2.93. The smallest absolute Gasteiger partial charge is 0.322 e. The van der Waals surface area contributed by atoms with Gasteiger partial charge in [0.2, 0.25) is 0 Å². The summed E-state index contributed by atoms with van der Waals surface area (Å²) in [6, 6.07) is 13.1. The third kappa shape index (κ3) is 3.01. The number of fused-ring (bicyclic) bond motifs is 1. The van der Waals surface area contributed by atoms with Gasteiger partial charge in [-0.05, 0) is 47.0 Å². The van der Waals surface area contributed by atoms with Crippen molar-refractivity contribution in [2.24, 2.45) is 0 Å². The van der Waals surface area contributed by atoms with Crippen molar-refractivity contribution in [3.05, 3.63) is 72.3 Å². The lowest BCUT2D eigenvalue weighted by molar-refractivity contribution is 0.212. The van der Waals surface area contributed by atoms with E-state index >= 15 is 0 Å². The lowest BCUT2D eigenvalue weighted by atomic mass is 10.1. The van der Waals surface area contributed by atoms with E-state index in [0.717, 1.165) is 22.4 Å². The SMILES string of the molecule is Nc1ccc(-c2ccncc2)cc1NC(=O)N1Cc2cccnc2C1. The molecule has 2 amide bonds. The summed E-state index contributed by atoms with van der Waals surface area (Å²) < 4.78 is 0. The standard InChI is InChI=1S/C19H17N5O/c20-16-4-3-14(13-5-8-21-9-6-13)10-17(16)23-19(25)24-11-15-2-1-7-22-18(15)12-24/h1-10H,11-12,20H2,(H,23,25). The molecule has 3 aromatic rings. The van der Waals surface area contributed by atoms with E-state index in [1.165, 1.54) is 0 Å². The largest absolute Gasteiger partial charge is 0.397 e. The number of nitrogens with one attached hydrogen (secondary N) is 1. The Kier molecular flexibility index (Phi) is 3.78. The molecule has 1 aliphatic rings. The van der Waals surface area contributed by atoms with Gasteiger partial charge in [-0.25, -0.2) is 4.79 Å². The molecule has 124 valence electrons. The Labute approximate surface area is 145 Å². The van der Waals surface area contributed by atoms with Crippen molar-refractivity contribution in [1.82, 2.24) is 14.9 Å². The first-order valence-electron chi connectivity index (χ1n) is 7.99. The molecule has 0 saturated heterocycles. The van der Waals surface area contributed by atoms with Crippen molar-refractivity contribution in [2.45, 2.75) is 13.1 Å². The summed E-state index contributed by atoms with van der Waals surface area (Å²) >= 11 is 0.